The first kappa shape index (κ1) is 12.5. The summed E-state index contributed by atoms with van der Waals surface area (Å²) >= 11 is 0. The van der Waals surface area contributed by atoms with Crippen LogP contribution < -0.4 is 0 Å². The van der Waals surface area contributed by atoms with Crippen LogP contribution in [-0.2, 0) is 0 Å². The average molecular weight is 237 g/mol. The van der Waals surface area contributed by atoms with Crippen LogP contribution in [-0.4, -0.2) is 29.6 Å². The van der Waals surface area contributed by atoms with Gasteiger partial charge >= 0.3 is 0 Å². The summed E-state index contributed by atoms with van der Waals surface area (Å²) in [6.07, 6.45) is 1.81. The lowest BCUT2D eigenvalue weighted by molar-refractivity contribution is 0.0998. The van der Waals surface area contributed by atoms with Gasteiger partial charge in [0.15, 0.2) is 0 Å². The first-order valence-electron chi connectivity index (χ1n) is 6.22. The maximum absolute atomic E-state index is 13.5. The third kappa shape index (κ3) is 3.05. The molecule has 1 aliphatic rings. The van der Waals surface area contributed by atoms with Gasteiger partial charge in [-0.05, 0) is 38.8 Å². The molecular formula is C14H20FNO. The Morgan fingerprint density at radius 2 is 2.06 bits per heavy atom. The molecule has 3 heteroatoms. The van der Waals surface area contributed by atoms with Gasteiger partial charge in [-0.2, -0.15) is 0 Å². The molecule has 2 atom stereocenters. The van der Waals surface area contributed by atoms with E-state index in [0.717, 1.165) is 5.92 Å². The summed E-state index contributed by atoms with van der Waals surface area (Å²) in [7, 11) is 1.99. The Morgan fingerprint density at radius 3 is 2.65 bits per heavy atom. The fraction of sp³-hybridized carbons (Fsp3) is 0.571. The molecule has 1 aromatic carbocycles. The maximum atomic E-state index is 13.5. The van der Waals surface area contributed by atoms with Crippen molar-refractivity contribution in [2.75, 3.05) is 13.6 Å². The van der Waals surface area contributed by atoms with Crippen LogP contribution >= 0.6 is 0 Å². The van der Waals surface area contributed by atoms with Crippen LogP contribution in [0, 0.1) is 11.7 Å². The van der Waals surface area contributed by atoms with Crippen LogP contribution in [0.1, 0.15) is 31.4 Å². The van der Waals surface area contributed by atoms with Crippen molar-refractivity contribution in [3.8, 4) is 0 Å². The smallest absolute Gasteiger partial charge is 0.129 e. The van der Waals surface area contributed by atoms with E-state index in [9.17, 15) is 9.50 Å². The van der Waals surface area contributed by atoms with Crippen molar-refractivity contribution < 1.29 is 9.50 Å². The number of likely N-dealkylation sites (N-methyl/N-ethyl adjacent to an activating group) is 1. The highest BCUT2D eigenvalue weighted by atomic mass is 19.1. The Hall–Kier alpha value is -0.930. The van der Waals surface area contributed by atoms with Crippen molar-refractivity contribution >= 4 is 0 Å². The van der Waals surface area contributed by atoms with Crippen molar-refractivity contribution in [1.82, 2.24) is 4.90 Å². The molecule has 0 bridgehead atoms. The number of halogens is 1. The lowest BCUT2D eigenvalue weighted by Gasteiger charge is -2.27. The quantitative estimate of drug-likeness (QED) is 0.851. The molecule has 1 saturated carbocycles. The largest absolute Gasteiger partial charge is 0.387 e. The van der Waals surface area contributed by atoms with Gasteiger partial charge in [-0.15, -0.1) is 0 Å². The summed E-state index contributed by atoms with van der Waals surface area (Å²) < 4.78 is 13.5. The van der Waals surface area contributed by atoms with E-state index in [1.54, 1.807) is 18.2 Å². The lowest BCUT2D eigenvalue weighted by Crippen LogP contribution is -2.34. The summed E-state index contributed by atoms with van der Waals surface area (Å²) in [5.41, 5.74) is 0.391. The van der Waals surface area contributed by atoms with E-state index in [4.69, 9.17) is 0 Å². The Morgan fingerprint density at radius 1 is 1.41 bits per heavy atom. The second-order valence-electron chi connectivity index (χ2n) is 5.05. The fourth-order valence-corrected chi connectivity index (χ4v) is 2.22. The topological polar surface area (TPSA) is 23.5 Å². The highest BCUT2D eigenvalue weighted by Gasteiger charge is 2.31. The van der Waals surface area contributed by atoms with Crippen LogP contribution in [0.2, 0.25) is 0 Å². The molecule has 0 saturated heterocycles. The number of nitrogens with zero attached hydrogens (tertiary/aromatic N) is 1. The van der Waals surface area contributed by atoms with Crippen LogP contribution in [0.4, 0.5) is 4.39 Å². The second-order valence-corrected chi connectivity index (χ2v) is 5.05. The Kier molecular flexibility index (Phi) is 3.79. The normalized spacial score (nSPS) is 19.4. The zero-order chi connectivity index (χ0) is 12.4. The monoisotopic (exact) mass is 237 g/mol. The Labute approximate surface area is 102 Å². The zero-order valence-electron chi connectivity index (χ0n) is 10.4. The molecule has 2 nitrogen and oxygen atoms in total. The summed E-state index contributed by atoms with van der Waals surface area (Å²) in [5, 5.41) is 10.0. The van der Waals surface area contributed by atoms with Crippen molar-refractivity contribution in [2.45, 2.75) is 31.9 Å². The van der Waals surface area contributed by atoms with Gasteiger partial charge in [0.1, 0.15) is 5.82 Å². The average Bonchev–Trinajstić information content (AvgIpc) is 3.12. The van der Waals surface area contributed by atoms with Gasteiger partial charge < -0.3 is 10.0 Å². The molecule has 0 aromatic heterocycles. The molecule has 0 spiro atoms. The van der Waals surface area contributed by atoms with Crippen LogP contribution in [0.3, 0.4) is 0 Å². The van der Waals surface area contributed by atoms with E-state index in [1.165, 1.54) is 18.9 Å². The summed E-state index contributed by atoms with van der Waals surface area (Å²) in [6, 6.07) is 6.91. The Bertz CT molecular complexity index is 378. The highest BCUT2D eigenvalue weighted by molar-refractivity contribution is 5.20. The van der Waals surface area contributed by atoms with Crippen molar-refractivity contribution in [3.63, 3.8) is 0 Å². The summed E-state index contributed by atoms with van der Waals surface area (Å²) in [4.78, 5) is 2.12. The van der Waals surface area contributed by atoms with Gasteiger partial charge in [-0.25, -0.2) is 4.39 Å². The number of rotatable bonds is 5. The minimum Gasteiger partial charge on any atom is -0.387 e. The molecule has 17 heavy (non-hydrogen) atoms. The number of hydrogen-bond donors (Lipinski definition) is 1. The number of aliphatic hydroxyl groups is 1. The molecule has 2 rings (SSSR count). The van der Waals surface area contributed by atoms with E-state index in [0.29, 0.717) is 18.2 Å². The molecule has 1 aromatic rings. The Balaban J connectivity index is 1.96. The summed E-state index contributed by atoms with van der Waals surface area (Å²) in [5.74, 6) is 0.431. The minimum absolute atomic E-state index is 0.326. The molecule has 94 valence electrons. The first-order chi connectivity index (χ1) is 8.09. The lowest BCUT2D eigenvalue weighted by atomic mass is 10.1. The molecule has 1 fully saturated rings. The molecule has 0 amide bonds. The predicted molar refractivity (Wildman–Crippen MR) is 66.2 cm³/mol. The molecule has 2 unspecified atom stereocenters. The van der Waals surface area contributed by atoms with Crippen LogP contribution in [0.25, 0.3) is 0 Å². The zero-order valence-corrected chi connectivity index (χ0v) is 10.4. The van der Waals surface area contributed by atoms with Gasteiger partial charge in [-0.3, -0.25) is 0 Å². The van der Waals surface area contributed by atoms with E-state index >= 15 is 0 Å². The van der Waals surface area contributed by atoms with E-state index in [1.807, 2.05) is 7.05 Å². The number of hydrogen-bond acceptors (Lipinski definition) is 2. The summed E-state index contributed by atoms with van der Waals surface area (Å²) in [6.45, 7) is 2.66. The van der Waals surface area contributed by atoms with Crippen molar-refractivity contribution in [2.24, 2.45) is 5.92 Å². The van der Waals surface area contributed by atoms with Gasteiger partial charge in [0.25, 0.3) is 0 Å². The van der Waals surface area contributed by atoms with Crippen LogP contribution in [0.5, 0.6) is 0 Å². The molecule has 0 aliphatic heterocycles. The van der Waals surface area contributed by atoms with Gasteiger partial charge in [0.2, 0.25) is 0 Å². The second kappa shape index (κ2) is 5.15. The molecular weight excluding hydrogens is 217 g/mol. The molecule has 1 N–H and O–H groups in total. The van der Waals surface area contributed by atoms with E-state index in [-0.39, 0.29) is 5.82 Å². The predicted octanol–water partition coefficient (Wildman–Crippen LogP) is 2.59. The third-order valence-electron chi connectivity index (χ3n) is 3.72. The third-order valence-corrected chi connectivity index (χ3v) is 3.72. The van der Waals surface area contributed by atoms with Crippen molar-refractivity contribution in [1.29, 1.82) is 0 Å². The minimum atomic E-state index is -0.748. The highest BCUT2D eigenvalue weighted by Crippen LogP contribution is 2.35. The van der Waals surface area contributed by atoms with Gasteiger partial charge in [0.05, 0.1) is 6.10 Å². The first-order valence-corrected chi connectivity index (χ1v) is 6.22. The maximum Gasteiger partial charge on any atom is 0.129 e. The number of aliphatic hydroxyl groups excluding tert-OH is 1. The fourth-order valence-electron chi connectivity index (χ4n) is 2.22. The molecule has 0 heterocycles. The molecule has 1 aliphatic carbocycles. The SMILES string of the molecule is CC(C1CC1)N(C)CC(O)c1ccccc1F. The molecule has 0 radical (unpaired) electrons. The van der Waals surface area contributed by atoms with Crippen LogP contribution in [0.15, 0.2) is 24.3 Å². The van der Waals surface area contributed by atoms with Crippen molar-refractivity contribution in [3.05, 3.63) is 35.6 Å². The van der Waals surface area contributed by atoms with E-state index in [2.05, 4.69) is 11.8 Å². The van der Waals surface area contributed by atoms with Gasteiger partial charge in [-0.1, -0.05) is 18.2 Å². The standard InChI is InChI=1S/C14H20FNO/c1-10(11-7-8-11)16(2)9-14(17)12-5-3-4-6-13(12)15/h3-6,10-11,14,17H,7-9H2,1-2H3. The van der Waals surface area contributed by atoms with Gasteiger partial charge in [0, 0.05) is 18.2 Å². The number of benzene rings is 1. The van der Waals surface area contributed by atoms with E-state index < -0.39 is 6.10 Å².